The zero-order valence-electron chi connectivity index (χ0n) is 8.83. The summed E-state index contributed by atoms with van der Waals surface area (Å²) < 4.78 is 1.51. The summed E-state index contributed by atoms with van der Waals surface area (Å²) >= 11 is 0. The van der Waals surface area contributed by atoms with Crippen molar-refractivity contribution in [2.75, 3.05) is 13.1 Å². The molecule has 7 heteroatoms. The Hall–Kier alpha value is -2.31. The Bertz CT molecular complexity index is 638. The van der Waals surface area contributed by atoms with E-state index >= 15 is 0 Å². The maximum atomic E-state index is 11.7. The second-order valence-corrected chi connectivity index (χ2v) is 4.07. The molecule has 1 aliphatic heterocycles. The van der Waals surface area contributed by atoms with Crippen LogP contribution in [-0.4, -0.2) is 43.8 Å². The smallest absolute Gasteiger partial charge is 0.407 e. The topological polar surface area (TPSA) is 90.7 Å². The van der Waals surface area contributed by atoms with Gasteiger partial charge in [-0.05, 0) is 11.6 Å². The van der Waals surface area contributed by atoms with Crippen molar-refractivity contribution >= 4 is 11.6 Å². The third-order valence-electron chi connectivity index (χ3n) is 3.08. The van der Waals surface area contributed by atoms with E-state index in [9.17, 15) is 9.59 Å². The lowest BCUT2D eigenvalue weighted by Crippen LogP contribution is -2.47. The largest absolute Gasteiger partial charge is 0.465 e. The molecule has 3 heterocycles. The number of H-pyrrole nitrogens is 1. The van der Waals surface area contributed by atoms with Gasteiger partial charge in [-0.1, -0.05) is 0 Å². The first-order valence-electron chi connectivity index (χ1n) is 5.19. The van der Waals surface area contributed by atoms with Gasteiger partial charge in [0.15, 0.2) is 0 Å². The molecule has 2 aromatic heterocycles. The minimum absolute atomic E-state index is 0.0846. The molecule has 0 saturated carbocycles. The summed E-state index contributed by atoms with van der Waals surface area (Å²) in [6, 6.07) is 1.82. The lowest BCUT2D eigenvalue weighted by atomic mass is 9.93. The fourth-order valence-corrected chi connectivity index (χ4v) is 2.15. The molecule has 0 radical (unpaired) electrons. The quantitative estimate of drug-likeness (QED) is 0.732. The zero-order chi connectivity index (χ0) is 12.0. The Balaban J connectivity index is 1.98. The summed E-state index contributed by atoms with van der Waals surface area (Å²) in [7, 11) is 0. The maximum Gasteiger partial charge on any atom is 0.407 e. The van der Waals surface area contributed by atoms with Gasteiger partial charge in [-0.3, -0.25) is 4.79 Å². The maximum absolute atomic E-state index is 11.7. The molecular formula is C10H10N4O3. The number of aromatic nitrogens is 3. The van der Waals surface area contributed by atoms with E-state index in [0.717, 1.165) is 5.56 Å². The van der Waals surface area contributed by atoms with Crippen molar-refractivity contribution < 1.29 is 9.90 Å². The third-order valence-corrected chi connectivity index (χ3v) is 3.08. The summed E-state index contributed by atoms with van der Waals surface area (Å²) in [6.45, 7) is 0.868. The van der Waals surface area contributed by atoms with E-state index in [2.05, 4.69) is 10.1 Å². The number of nitrogens with one attached hydrogen (secondary N) is 1. The van der Waals surface area contributed by atoms with Crippen LogP contribution in [0.5, 0.6) is 0 Å². The first-order valence-corrected chi connectivity index (χ1v) is 5.19. The van der Waals surface area contributed by atoms with Crippen molar-refractivity contribution in [3.05, 3.63) is 34.5 Å². The molecule has 0 bridgehead atoms. The van der Waals surface area contributed by atoms with Gasteiger partial charge in [0, 0.05) is 25.2 Å². The average molecular weight is 234 g/mol. The molecule has 17 heavy (non-hydrogen) atoms. The standard InChI is InChI=1S/C10H10N4O3/c15-9-8-7(1-2-14(8)12-5-11-9)6-3-13(4-6)10(16)17/h1-2,5-6H,3-4H2,(H,16,17)(H,11,12,15). The van der Waals surface area contributed by atoms with Gasteiger partial charge in [-0.15, -0.1) is 0 Å². The Morgan fingerprint density at radius 1 is 1.53 bits per heavy atom. The second kappa shape index (κ2) is 3.34. The number of hydrogen-bond acceptors (Lipinski definition) is 3. The fourth-order valence-electron chi connectivity index (χ4n) is 2.15. The van der Waals surface area contributed by atoms with Gasteiger partial charge in [0.05, 0.1) is 0 Å². The summed E-state index contributed by atoms with van der Waals surface area (Å²) in [4.78, 5) is 26.2. The van der Waals surface area contributed by atoms with Crippen LogP contribution in [0.25, 0.3) is 5.52 Å². The number of aromatic amines is 1. The predicted octanol–water partition coefficient (Wildman–Crippen LogP) is 0.0998. The van der Waals surface area contributed by atoms with Crippen LogP contribution in [0.4, 0.5) is 4.79 Å². The van der Waals surface area contributed by atoms with Crippen molar-refractivity contribution in [2.45, 2.75) is 5.92 Å². The Labute approximate surface area is 95.3 Å². The lowest BCUT2D eigenvalue weighted by molar-refractivity contribution is 0.106. The van der Waals surface area contributed by atoms with Crippen molar-refractivity contribution in [1.82, 2.24) is 19.5 Å². The van der Waals surface area contributed by atoms with Gasteiger partial charge >= 0.3 is 6.09 Å². The Kier molecular flexibility index (Phi) is 1.94. The van der Waals surface area contributed by atoms with Crippen molar-refractivity contribution in [3.8, 4) is 0 Å². The van der Waals surface area contributed by atoms with Crippen LogP contribution in [0, 0.1) is 0 Å². The molecule has 2 N–H and O–H groups in total. The molecule has 1 amide bonds. The first-order chi connectivity index (χ1) is 8.16. The molecule has 0 aromatic carbocycles. The molecule has 88 valence electrons. The molecule has 3 rings (SSSR count). The summed E-state index contributed by atoms with van der Waals surface area (Å²) in [5, 5.41) is 12.7. The van der Waals surface area contributed by atoms with Crippen LogP contribution in [0.1, 0.15) is 11.5 Å². The molecule has 7 nitrogen and oxygen atoms in total. The highest BCUT2D eigenvalue weighted by Crippen LogP contribution is 2.28. The van der Waals surface area contributed by atoms with E-state index < -0.39 is 6.09 Å². The zero-order valence-corrected chi connectivity index (χ0v) is 8.83. The van der Waals surface area contributed by atoms with E-state index in [1.807, 2.05) is 6.07 Å². The number of carboxylic acid groups (broad SMARTS) is 1. The van der Waals surface area contributed by atoms with Crippen molar-refractivity contribution in [1.29, 1.82) is 0 Å². The molecule has 2 aromatic rings. The monoisotopic (exact) mass is 234 g/mol. The highest BCUT2D eigenvalue weighted by Gasteiger charge is 2.33. The molecule has 1 fully saturated rings. The van der Waals surface area contributed by atoms with Gasteiger partial charge < -0.3 is 15.0 Å². The first kappa shape index (κ1) is 9.88. The molecule has 0 aliphatic carbocycles. The number of fused-ring (bicyclic) bond motifs is 1. The van der Waals surface area contributed by atoms with Gasteiger partial charge in [0.2, 0.25) is 0 Å². The van der Waals surface area contributed by atoms with Crippen LogP contribution in [0.2, 0.25) is 0 Å². The van der Waals surface area contributed by atoms with Crippen molar-refractivity contribution in [2.24, 2.45) is 0 Å². The normalized spacial score (nSPS) is 16.1. The van der Waals surface area contributed by atoms with Crippen LogP contribution in [0.3, 0.4) is 0 Å². The minimum Gasteiger partial charge on any atom is -0.465 e. The minimum atomic E-state index is -0.920. The third kappa shape index (κ3) is 1.39. The Morgan fingerprint density at radius 2 is 2.29 bits per heavy atom. The molecule has 0 spiro atoms. The average Bonchev–Trinajstić information content (AvgIpc) is 2.60. The number of likely N-dealkylation sites (tertiary alicyclic amines) is 1. The lowest BCUT2D eigenvalue weighted by Gasteiger charge is -2.36. The Morgan fingerprint density at radius 3 is 3.00 bits per heavy atom. The molecule has 0 atom stereocenters. The van der Waals surface area contributed by atoms with Gasteiger partial charge in [0.25, 0.3) is 5.56 Å². The number of rotatable bonds is 1. The SMILES string of the molecule is O=C(O)N1CC(c2ccn3nc[nH]c(=O)c23)C1. The van der Waals surface area contributed by atoms with E-state index in [-0.39, 0.29) is 11.5 Å². The van der Waals surface area contributed by atoms with Crippen molar-refractivity contribution in [3.63, 3.8) is 0 Å². The predicted molar refractivity (Wildman–Crippen MR) is 58.2 cm³/mol. The molecule has 1 aliphatic rings. The number of amides is 1. The summed E-state index contributed by atoms with van der Waals surface area (Å²) in [5.41, 5.74) is 1.16. The number of carbonyl (C=O) groups is 1. The number of nitrogens with zero attached hydrogens (tertiary/aromatic N) is 3. The molecular weight excluding hydrogens is 224 g/mol. The highest BCUT2D eigenvalue weighted by molar-refractivity contribution is 5.67. The second-order valence-electron chi connectivity index (χ2n) is 4.07. The van der Waals surface area contributed by atoms with Gasteiger partial charge in [-0.25, -0.2) is 9.31 Å². The summed E-state index contributed by atoms with van der Waals surface area (Å²) in [5.74, 6) is 0.0846. The number of hydrogen-bond donors (Lipinski definition) is 2. The van der Waals surface area contributed by atoms with Crippen LogP contribution in [0.15, 0.2) is 23.4 Å². The van der Waals surface area contributed by atoms with Crippen LogP contribution >= 0.6 is 0 Å². The molecule has 0 unspecified atom stereocenters. The highest BCUT2D eigenvalue weighted by atomic mass is 16.4. The van der Waals surface area contributed by atoms with E-state index in [1.165, 1.54) is 15.7 Å². The van der Waals surface area contributed by atoms with E-state index in [1.54, 1.807) is 6.20 Å². The molecule has 1 saturated heterocycles. The van der Waals surface area contributed by atoms with Gasteiger partial charge in [-0.2, -0.15) is 5.10 Å². The van der Waals surface area contributed by atoms with Crippen LogP contribution < -0.4 is 5.56 Å². The van der Waals surface area contributed by atoms with E-state index in [0.29, 0.717) is 18.6 Å². The fraction of sp³-hybridized carbons (Fsp3) is 0.300. The van der Waals surface area contributed by atoms with Gasteiger partial charge in [0.1, 0.15) is 11.8 Å². The van der Waals surface area contributed by atoms with E-state index in [4.69, 9.17) is 5.11 Å². The summed E-state index contributed by atoms with van der Waals surface area (Å²) in [6.07, 6.45) is 2.13. The van der Waals surface area contributed by atoms with Crippen LogP contribution in [-0.2, 0) is 0 Å².